The van der Waals surface area contributed by atoms with Crippen LogP contribution in [0.2, 0.25) is 0 Å². The maximum atomic E-state index is 8.92. The molecule has 1 heterocycles. The van der Waals surface area contributed by atoms with Crippen molar-refractivity contribution in [2.24, 2.45) is 5.73 Å². The number of hydrogen-bond donors (Lipinski definition) is 2. The number of aliphatic hydroxyl groups is 1. The summed E-state index contributed by atoms with van der Waals surface area (Å²) in [5.41, 5.74) is 8.08. The Balaban J connectivity index is 2.03. The Kier molecular flexibility index (Phi) is 4.40. The number of rotatable bonds is 5. The average molecular weight is 234 g/mol. The molecule has 1 aliphatic heterocycles. The predicted molar refractivity (Wildman–Crippen MR) is 71.0 cm³/mol. The van der Waals surface area contributed by atoms with Gasteiger partial charge in [0.05, 0.1) is 0 Å². The monoisotopic (exact) mass is 234 g/mol. The first-order valence-electron chi connectivity index (χ1n) is 6.51. The molecule has 0 amide bonds. The van der Waals surface area contributed by atoms with Crippen LogP contribution in [0.25, 0.3) is 0 Å². The number of hydrogen-bond acceptors (Lipinski definition) is 3. The summed E-state index contributed by atoms with van der Waals surface area (Å²) in [7, 11) is 0. The maximum Gasteiger partial charge on any atom is 0.0431 e. The smallest absolute Gasteiger partial charge is 0.0431 e. The quantitative estimate of drug-likeness (QED) is 0.818. The molecule has 1 fully saturated rings. The molecule has 3 N–H and O–H groups in total. The van der Waals surface area contributed by atoms with E-state index < -0.39 is 0 Å². The fraction of sp³-hybridized carbons (Fsp3) is 0.571. The van der Waals surface area contributed by atoms with Gasteiger partial charge in [-0.25, -0.2) is 0 Å². The molecule has 1 unspecified atom stereocenters. The largest absolute Gasteiger partial charge is 0.396 e. The first-order valence-corrected chi connectivity index (χ1v) is 6.51. The molecule has 0 spiro atoms. The van der Waals surface area contributed by atoms with Crippen LogP contribution in [0.15, 0.2) is 24.3 Å². The molecule has 0 saturated carbocycles. The molecule has 3 heteroatoms. The van der Waals surface area contributed by atoms with Gasteiger partial charge in [-0.15, -0.1) is 0 Å². The molecule has 3 nitrogen and oxygen atoms in total. The first-order chi connectivity index (χ1) is 8.35. The number of anilines is 1. The zero-order chi connectivity index (χ0) is 12.1. The standard InChI is InChI=1S/C14H22N2O/c15-11-12-5-7-14(8-6-12)16-9-1-3-13(16)4-2-10-17/h5-8,13,17H,1-4,9-11,15H2. The molecule has 0 aromatic heterocycles. The molecule has 94 valence electrons. The average Bonchev–Trinajstić information content (AvgIpc) is 2.84. The third kappa shape index (κ3) is 2.99. The molecule has 17 heavy (non-hydrogen) atoms. The van der Waals surface area contributed by atoms with Gasteiger partial charge >= 0.3 is 0 Å². The number of nitrogens with zero attached hydrogens (tertiary/aromatic N) is 1. The normalized spacial score (nSPS) is 19.9. The van der Waals surface area contributed by atoms with E-state index in [1.54, 1.807) is 0 Å². The van der Waals surface area contributed by atoms with Crippen molar-refractivity contribution in [3.63, 3.8) is 0 Å². The van der Waals surface area contributed by atoms with Gasteiger partial charge in [0, 0.05) is 31.4 Å². The van der Waals surface area contributed by atoms with Gasteiger partial charge in [0.2, 0.25) is 0 Å². The summed E-state index contributed by atoms with van der Waals surface area (Å²) in [4.78, 5) is 2.47. The Bertz CT molecular complexity index is 337. The summed E-state index contributed by atoms with van der Waals surface area (Å²) < 4.78 is 0. The second kappa shape index (κ2) is 6.03. The van der Waals surface area contributed by atoms with E-state index in [1.807, 2.05) is 0 Å². The Hall–Kier alpha value is -1.06. The lowest BCUT2D eigenvalue weighted by atomic mass is 10.1. The van der Waals surface area contributed by atoms with Gasteiger partial charge in [-0.3, -0.25) is 0 Å². The van der Waals surface area contributed by atoms with Crippen molar-refractivity contribution in [2.45, 2.75) is 38.3 Å². The van der Waals surface area contributed by atoms with E-state index in [0.717, 1.165) is 19.4 Å². The van der Waals surface area contributed by atoms with E-state index >= 15 is 0 Å². The highest BCUT2D eigenvalue weighted by atomic mass is 16.2. The Morgan fingerprint density at radius 1 is 1.29 bits per heavy atom. The van der Waals surface area contributed by atoms with Crippen LogP contribution in [-0.4, -0.2) is 24.3 Å². The van der Waals surface area contributed by atoms with Crippen LogP contribution in [0.5, 0.6) is 0 Å². The molecule has 1 atom stereocenters. The summed E-state index contributed by atoms with van der Waals surface area (Å²) in [5.74, 6) is 0. The molecule has 1 aliphatic rings. The van der Waals surface area contributed by atoms with Crippen LogP contribution < -0.4 is 10.6 Å². The topological polar surface area (TPSA) is 49.5 Å². The highest BCUT2D eigenvalue weighted by molar-refractivity contribution is 5.49. The molecule has 0 bridgehead atoms. The van der Waals surface area contributed by atoms with Crippen molar-refractivity contribution in [1.82, 2.24) is 0 Å². The minimum absolute atomic E-state index is 0.302. The van der Waals surface area contributed by atoms with Crippen molar-refractivity contribution >= 4 is 5.69 Å². The third-order valence-electron chi connectivity index (χ3n) is 3.58. The van der Waals surface area contributed by atoms with E-state index in [0.29, 0.717) is 19.2 Å². The molecular weight excluding hydrogens is 212 g/mol. The number of aliphatic hydroxyl groups excluding tert-OH is 1. The molecule has 0 aliphatic carbocycles. The van der Waals surface area contributed by atoms with Crippen LogP contribution in [0.4, 0.5) is 5.69 Å². The van der Waals surface area contributed by atoms with Crippen molar-refractivity contribution in [2.75, 3.05) is 18.1 Å². The number of benzene rings is 1. The maximum absolute atomic E-state index is 8.92. The minimum Gasteiger partial charge on any atom is -0.396 e. The van der Waals surface area contributed by atoms with E-state index in [9.17, 15) is 0 Å². The fourth-order valence-electron chi connectivity index (χ4n) is 2.63. The lowest BCUT2D eigenvalue weighted by Crippen LogP contribution is -2.29. The Morgan fingerprint density at radius 3 is 2.71 bits per heavy atom. The minimum atomic E-state index is 0.302. The summed E-state index contributed by atoms with van der Waals surface area (Å²) in [6.07, 6.45) is 4.50. The summed E-state index contributed by atoms with van der Waals surface area (Å²) in [6.45, 7) is 2.04. The highest BCUT2D eigenvalue weighted by Gasteiger charge is 2.23. The predicted octanol–water partition coefficient (Wildman–Crippen LogP) is 1.89. The first kappa shape index (κ1) is 12.4. The molecule has 2 rings (SSSR count). The van der Waals surface area contributed by atoms with Gasteiger partial charge in [-0.05, 0) is 43.4 Å². The Labute approximate surface area is 103 Å². The van der Waals surface area contributed by atoms with E-state index in [2.05, 4.69) is 29.2 Å². The molecule has 1 saturated heterocycles. The van der Waals surface area contributed by atoms with Crippen molar-refractivity contribution in [1.29, 1.82) is 0 Å². The van der Waals surface area contributed by atoms with Gasteiger partial charge in [0.1, 0.15) is 0 Å². The molecular formula is C14H22N2O. The van der Waals surface area contributed by atoms with Gasteiger partial charge in [0.25, 0.3) is 0 Å². The molecule has 1 aromatic carbocycles. The van der Waals surface area contributed by atoms with Crippen LogP contribution >= 0.6 is 0 Å². The second-order valence-electron chi connectivity index (χ2n) is 4.73. The second-order valence-corrected chi connectivity index (χ2v) is 4.73. The third-order valence-corrected chi connectivity index (χ3v) is 3.58. The van der Waals surface area contributed by atoms with Crippen LogP contribution in [0, 0.1) is 0 Å². The fourth-order valence-corrected chi connectivity index (χ4v) is 2.63. The summed E-state index contributed by atoms with van der Waals surface area (Å²) in [6, 6.07) is 9.15. The van der Waals surface area contributed by atoms with E-state index in [4.69, 9.17) is 10.8 Å². The lowest BCUT2D eigenvalue weighted by Gasteiger charge is -2.27. The van der Waals surface area contributed by atoms with Crippen molar-refractivity contribution < 1.29 is 5.11 Å². The van der Waals surface area contributed by atoms with Crippen molar-refractivity contribution in [3.05, 3.63) is 29.8 Å². The lowest BCUT2D eigenvalue weighted by molar-refractivity contribution is 0.279. The zero-order valence-electron chi connectivity index (χ0n) is 10.3. The van der Waals surface area contributed by atoms with Crippen LogP contribution in [0.3, 0.4) is 0 Å². The van der Waals surface area contributed by atoms with Crippen LogP contribution in [-0.2, 0) is 6.54 Å². The van der Waals surface area contributed by atoms with E-state index in [-0.39, 0.29) is 0 Å². The zero-order valence-corrected chi connectivity index (χ0v) is 10.3. The summed E-state index contributed by atoms with van der Waals surface area (Å²) >= 11 is 0. The Morgan fingerprint density at radius 2 is 2.06 bits per heavy atom. The van der Waals surface area contributed by atoms with Gasteiger partial charge < -0.3 is 15.7 Å². The van der Waals surface area contributed by atoms with Crippen molar-refractivity contribution in [3.8, 4) is 0 Å². The SMILES string of the molecule is NCc1ccc(N2CCCC2CCCO)cc1. The highest BCUT2D eigenvalue weighted by Crippen LogP contribution is 2.28. The van der Waals surface area contributed by atoms with Gasteiger partial charge in [-0.2, -0.15) is 0 Å². The molecule has 1 aromatic rings. The van der Waals surface area contributed by atoms with Crippen LogP contribution in [0.1, 0.15) is 31.2 Å². The van der Waals surface area contributed by atoms with Gasteiger partial charge in [0.15, 0.2) is 0 Å². The van der Waals surface area contributed by atoms with E-state index in [1.165, 1.54) is 24.1 Å². The summed E-state index contributed by atoms with van der Waals surface area (Å²) in [5, 5.41) is 8.92. The number of nitrogens with two attached hydrogens (primary N) is 1. The molecule has 0 radical (unpaired) electrons. The van der Waals surface area contributed by atoms with Gasteiger partial charge in [-0.1, -0.05) is 12.1 Å².